The van der Waals surface area contributed by atoms with Crippen LogP contribution in [-0.2, 0) is 4.79 Å². The molecule has 31 heavy (non-hydrogen) atoms. The molecule has 1 aliphatic heterocycles. The van der Waals surface area contributed by atoms with Crippen LogP contribution in [0.2, 0.25) is 0 Å². The van der Waals surface area contributed by atoms with Crippen molar-refractivity contribution in [3.8, 4) is 11.5 Å². The van der Waals surface area contributed by atoms with E-state index in [2.05, 4.69) is 18.9 Å². The fraction of sp³-hybridized carbons (Fsp3) is 0.292. The van der Waals surface area contributed by atoms with Gasteiger partial charge < -0.3 is 19.4 Å². The normalized spacial score (nSPS) is 14.9. The standard InChI is InChI=1S/C24H26N2O5/c1-5-30-22-13-17(6-11-21(22)31-14-15(2)3)12-20-16(4)25-26(23(20)27)19-9-7-18(8-10-19)24(28)29/h6-13,15H,5,14H2,1-4H3,(H,28,29)/p-1/b20-12+. The van der Waals surface area contributed by atoms with E-state index < -0.39 is 5.97 Å². The fourth-order valence-corrected chi connectivity index (χ4v) is 3.02. The Bertz CT molecular complexity index is 1040. The molecule has 0 N–H and O–H groups in total. The van der Waals surface area contributed by atoms with E-state index in [0.717, 1.165) is 5.56 Å². The van der Waals surface area contributed by atoms with E-state index in [9.17, 15) is 14.7 Å². The maximum atomic E-state index is 13.0. The van der Waals surface area contributed by atoms with Gasteiger partial charge in [0.2, 0.25) is 0 Å². The summed E-state index contributed by atoms with van der Waals surface area (Å²) in [5.74, 6) is 0.100. The van der Waals surface area contributed by atoms with Crippen molar-refractivity contribution in [1.29, 1.82) is 0 Å². The van der Waals surface area contributed by atoms with Gasteiger partial charge in [0.25, 0.3) is 5.91 Å². The summed E-state index contributed by atoms with van der Waals surface area (Å²) in [4.78, 5) is 23.9. The molecule has 0 aliphatic carbocycles. The number of carbonyl (C=O) groups is 2. The second kappa shape index (κ2) is 9.47. The third-order valence-corrected chi connectivity index (χ3v) is 4.56. The molecule has 2 aromatic rings. The fourth-order valence-electron chi connectivity index (χ4n) is 3.02. The van der Waals surface area contributed by atoms with Crippen molar-refractivity contribution in [1.82, 2.24) is 0 Å². The number of anilines is 1. The van der Waals surface area contributed by atoms with Gasteiger partial charge in [-0.15, -0.1) is 0 Å². The van der Waals surface area contributed by atoms with Crippen molar-refractivity contribution in [3.63, 3.8) is 0 Å². The maximum Gasteiger partial charge on any atom is 0.280 e. The maximum absolute atomic E-state index is 13.0. The van der Waals surface area contributed by atoms with Gasteiger partial charge in [-0.2, -0.15) is 10.1 Å². The molecule has 0 saturated heterocycles. The van der Waals surface area contributed by atoms with E-state index in [-0.39, 0.29) is 11.5 Å². The smallest absolute Gasteiger partial charge is 0.280 e. The zero-order chi connectivity index (χ0) is 22.5. The van der Waals surface area contributed by atoms with E-state index in [1.807, 2.05) is 25.1 Å². The minimum absolute atomic E-state index is 0.0371. The summed E-state index contributed by atoms with van der Waals surface area (Å²) in [7, 11) is 0. The number of amides is 1. The van der Waals surface area contributed by atoms with Crippen LogP contribution in [0.3, 0.4) is 0 Å². The molecular weight excluding hydrogens is 396 g/mol. The third-order valence-electron chi connectivity index (χ3n) is 4.56. The number of hydrogen-bond acceptors (Lipinski definition) is 6. The predicted molar refractivity (Wildman–Crippen MR) is 117 cm³/mol. The number of carboxylic acid groups (broad SMARTS) is 1. The Morgan fingerprint density at radius 2 is 1.84 bits per heavy atom. The number of benzene rings is 2. The summed E-state index contributed by atoms with van der Waals surface area (Å²) < 4.78 is 11.5. The van der Waals surface area contributed by atoms with Crippen LogP contribution in [-0.4, -0.2) is 30.8 Å². The van der Waals surface area contributed by atoms with E-state index >= 15 is 0 Å². The molecule has 0 bridgehead atoms. The summed E-state index contributed by atoms with van der Waals surface area (Å²) in [6.45, 7) is 8.88. The number of hydrazone groups is 1. The van der Waals surface area contributed by atoms with E-state index in [1.54, 1.807) is 13.0 Å². The molecule has 3 rings (SSSR count). The lowest BCUT2D eigenvalue weighted by Gasteiger charge is -2.14. The molecule has 0 fully saturated rings. The lowest BCUT2D eigenvalue weighted by Crippen LogP contribution is -2.23. The van der Waals surface area contributed by atoms with E-state index in [4.69, 9.17) is 9.47 Å². The van der Waals surface area contributed by atoms with Crippen LogP contribution >= 0.6 is 0 Å². The van der Waals surface area contributed by atoms with E-state index in [0.29, 0.717) is 47.6 Å². The summed E-state index contributed by atoms with van der Waals surface area (Å²) in [6.07, 6.45) is 1.76. The number of hydrogen-bond donors (Lipinski definition) is 0. The highest BCUT2D eigenvalue weighted by Crippen LogP contribution is 2.31. The van der Waals surface area contributed by atoms with Gasteiger partial charge in [0, 0.05) is 0 Å². The minimum atomic E-state index is -1.27. The van der Waals surface area contributed by atoms with Gasteiger partial charge in [-0.25, -0.2) is 0 Å². The number of carbonyl (C=O) groups excluding carboxylic acids is 2. The van der Waals surface area contributed by atoms with Crippen LogP contribution in [0.5, 0.6) is 11.5 Å². The van der Waals surface area contributed by atoms with Crippen molar-refractivity contribution in [2.24, 2.45) is 11.0 Å². The van der Waals surface area contributed by atoms with Gasteiger partial charge in [0.05, 0.1) is 36.2 Å². The quantitative estimate of drug-likeness (QED) is 0.610. The third kappa shape index (κ3) is 5.12. The van der Waals surface area contributed by atoms with Crippen molar-refractivity contribution in [2.75, 3.05) is 18.2 Å². The Labute approximate surface area is 181 Å². The van der Waals surface area contributed by atoms with Crippen LogP contribution in [0.1, 0.15) is 43.6 Å². The van der Waals surface area contributed by atoms with Crippen LogP contribution < -0.4 is 19.6 Å². The second-order valence-electron chi connectivity index (χ2n) is 7.54. The topological polar surface area (TPSA) is 91.3 Å². The molecule has 0 atom stereocenters. The zero-order valence-corrected chi connectivity index (χ0v) is 18.0. The number of aromatic carboxylic acids is 1. The highest BCUT2D eigenvalue weighted by atomic mass is 16.5. The average Bonchev–Trinajstić information content (AvgIpc) is 3.01. The Kier molecular flexibility index (Phi) is 6.74. The van der Waals surface area contributed by atoms with Crippen LogP contribution in [0.4, 0.5) is 5.69 Å². The molecule has 0 saturated carbocycles. The molecule has 0 radical (unpaired) electrons. The Morgan fingerprint density at radius 1 is 1.13 bits per heavy atom. The monoisotopic (exact) mass is 421 g/mol. The first kappa shape index (κ1) is 22.1. The molecule has 0 spiro atoms. The van der Waals surface area contributed by atoms with Gasteiger partial charge >= 0.3 is 0 Å². The zero-order valence-electron chi connectivity index (χ0n) is 18.0. The molecular formula is C24H25N2O5-. The highest BCUT2D eigenvalue weighted by molar-refractivity contribution is 6.32. The van der Waals surface area contributed by atoms with Crippen molar-refractivity contribution in [2.45, 2.75) is 27.7 Å². The van der Waals surface area contributed by atoms with Crippen LogP contribution in [0, 0.1) is 5.92 Å². The second-order valence-corrected chi connectivity index (χ2v) is 7.54. The van der Waals surface area contributed by atoms with Crippen LogP contribution in [0.15, 0.2) is 53.1 Å². The SMILES string of the molecule is CCOc1cc(/C=C2/C(=O)N(c3ccc(C(=O)[O-])cc3)N=C2C)ccc1OCC(C)C. The molecule has 0 unspecified atom stereocenters. The summed E-state index contributed by atoms with van der Waals surface area (Å²) in [6, 6.07) is 11.4. The molecule has 0 aromatic heterocycles. The van der Waals surface area contributed by atoms with Crippen molar-refractivity contribution >= 4 is 29.4 Å². The highest BCUT2D eigenvalue weighted by Gasteiger charge is 2.28. The van der Waals surface area contributed by atoms with Gasteiger partial charge in [-0.05, 0) is 61.2 Å². The number of rotatable bonds is 8. The molecule has 7 heteroatoms. The molecule has 1 heterocycles. The predicted octanol–water partition coefficient (Wildman–Crippen LogP) is 3.29. The first-order valence-electron chi connectivity index (χ1n) is 10.1. The van der Waals surface area contributed by atoms with Gasteiger partial charge in [-0.3, -0.25) is 4.79 Å². The molecule has 2 aromatic carbocycles. The lowest BCUT2D eigenvalue weighted by atomic mass is 10.1. The van der Waals surface area contributed by atoms with Gasteiger partial charge in [0.1, 0.15) is 0 Å². The minimum Gasteiger partial charge on any atom is -0.545 e. The van der Waals surface area contributed by atoms with E-state index in [1.165, 1.54) is 29.3 Å². The van der Waals surface area contributed by atoms with Gasteiger partial charge in [0.15, 0.2) is 11.5 Å². The molecule has 1 aliphatic rings. The molecule has 1 amide bonds. The summed E-state index contributed by atoms with van der Waals surface area (Å²) >= 11 is 0. The van der Waals surface area contributed by atoms with Gasteiger partial charge in [-0.1, -0.05) is 32.0 Å². The number of nitrogens with zero attached hydrogens (tertiary/aromatic N) is 2. The first-order chi connectivity index (χ1) is 14.8. The number of carboxylic acids is 1. The Morgan fingerprint density at radius 3 is 2.45 bits per heavy atom. The lowest BCUT2D eigenvalue weighted by molar-refractivity contribution is -0.255. The van der Waals surface area contributed by atoms with Crippen molar-refractivity contribution in [3.05, 3.63) is 59.2 Å². The van der Waals surface area contributed by atoms with Crippen LogP contribution in [0.25, 0.3) is 6.08 Å². The van der Waals surface area contributed by atoms with Crippen molar-refractivity contribution < 1.29 is 24.2 Å². The molecule has 162 valence electrons. The first-order valence-corrected chi connectivity index (χ1v) is 10.1. The Hall–Kier alpha value is -3.61. The average molecular weight is 421 g/mol. The number of ether oxygens (including phenoxy) is 2. The Balaban J connectivity index is 1.86. The molecule has 7 nitrogen and oxygen atoms in total. The summed E-state index contributed by atoms with van der Waals surface area (Å²) in [5, 5.41) is 16.5. The largest absolute Gasteiger partial charge is 0.545 e. The summed E-state index contributed by atoms with van der Waals surface area (Å²) in [5.41, 5.74) is 2.31.